The second kappa shape index (κ2) is 8.22. The number of rotatable bonds is 5. The van der Waals surface area contributed by atoms with Crippen molar-refractivity contribution in [3.63, 3.8) is 0 Å². The monoisotopic (exact) mass is 432 g/mol. The van der Waals surface area contributed by atoms with E-state index in [0.29, 0.717) is 13.1 Å². The van der Waals surface area contributed by atoms with Gasteiger partial charge < -0.3 is 5.32 Å². The van der Waals surface area contributed by atoms with E-state index in [0.717, 1.165) is 42.7 Å². The summed E-state index contributed by atoms with van der Waals surface area (Å²) in [5.41, 5.74) is -0.524. The largest absolute Gasteiger partial charge is 0.416 e. The van der Waals surface area contributed by atoms with Crippen molar-refractivity contribution < 1.29 is 26.4 Å². The lowest BCUT2D eigenvalue weighted by Crippen LogP contribution is -2.36. The van der Waals surface area contributed by atoms with Crippen molar-refractivity contribution in [2.24, 2.45) is 0 Å². The van der Waals surface area contributed by atoms with Crippen LogP contribution in [0, 0.1) is 0 Å². The summed E-state index contributed by atoms with van der Waals surface area (Å²) >= 11 is 0.993. The predicted octanol–water partition coefficient (Wildman–Crippen LogP) is 3.87. The minimum Gasteiger partial charge on any atom is -0.347 e. The standard InChI is InChI=1S/C18H19F3N2O3S2/c19-18(20,21)14-6-4-5-13(11-14)12-22-17(24)16-15(7-10-27-16)28(25,26)23-8-2-1-3-9-23/h4-7,10-11H,1-3,8-9,12H2,(H,22,24). The van der Waals surface area contributed by atoms with Crippen molar-refractivity contribution in [2.75, 3.05) is 13.1 Å². The highest BCUT2D eigenvalue weighted by Gasteiger charge is 2.32. The molecular weight excluding hydrogens is 413 g/mol. The number of sulfonamides is 1. The first-order valence-corrected chi connectivity index (χ1v) is 11.0. The Bertz CT molecular complexity index is 949. The Balaban J connectivity index is 1.74. The summed E-state index contributed by atoms with van der Waals surface area (Å²) in [6, 6.07) is 6.04. The molecule has 0 atom stereocenters. The SMILES string of the molecule is O=C(NCc1cccc(C(F)(F)F)c1)c1sccc1S(=O)(=O)N1CCCCC1. The van der Waals surface area contributed by atoms with Crippen molar-refractivity contribution >= 4 is 27.3 Å². The summed E-state index contributed by atoms with van der Waals surface area (Å²) in [5.74, 6) is -0.622. The van der Waals surface area contributed by atoms with Crippen LogP contribution in [0.15, 0.2) is 40.6 Å². The molecule has 10 heteroatoms. The molecule has 1 fully saturated rings. The third kappa shape index (κ3) is 4.56. The van der Waals surface area contributed by atoms with Crippen LogP contribution in [0.1, 0.15) is 40.1 Å². The summed E-state index contributed by atoms with van der Waals surface area (Å²) in [6.07, 6.45) is -1.94. The first kappa shape index (κ1) is 20.8. The van der Waals surface area contributed by atoms with Crippen LogP contribution in [0.5, 0.6) is 0 Å². The predicted molar refractivity (Wildman–Crippen MR) is 99.5 cm³/mol. The Morgan fingerprint density at radius 3 is 2.54 bits per heavy atom. The number of halogens is 3. The zero-order valence-electron chi connectivity index (χ0n) is 14.8. The molecule has 1 amide bonds. The normalized spacial score (nSPS) is 16.1. The van der Waals surface area contributed by atoms with Gasteiger partial charge in [0.1, 0.15) is 9.77 Å². The molecule has 1 aliphatic rings. The summed E-state index contributed by atoms with van der Waals surface area (Å²) in [6.45, 7) is 0.705. The van der Waals surface area contributed by atoms with Crippen molar-refractivity contribution in [3.05, 3.63) is 51.7 Å². The summed E-state index contributed by atoms with van der Waals surface area (Å²) in [5, 5.41) is 4.04. The number of nitrogens with zero attached hydrogens (tertiary/aromatic N) is 1. The van der Waals surface area contributed by atoms with Gasteiger partial charge in [0.05, 0.1) is 5.56 Å². The number of benzene rings is 1. The number of hydrogen-bond donors (Lipinski definition) is 1. The minimum atomic E-state index is -4.47. The molecule has 2 aromatic rings. The topological polar surface area (TPSA) is 66.5 Å². The zero-order valence-corrected chi connectivity index (χ0v) is 16.5. The smallest absolute Gasteiger partial charge is 0.347 e. The van der Waals surface area contributed by atoms with E-state index >= 15 is 0 Å². The van der Waals surface area contributed by atoms with Gasteiger partial charge in [0.25, 0.3) is 5.91 Å². The Kier molecular flexibility index (Phi) is 6.11. The van der Waals surface area contributed by atoms with Crippen LogP contribution in [0.4, 0.5) is 13.2 Å². The van der Waals surface area contributed by atoms with Crippen LogP contribution in [0.3, 0.4) is 0 Å². The van der Waals surface area contributed by atoms with Crippen molar-refractivity contribution in [1.82, 2.24) is 9.62 Å². The summed E-state index contributed by atoms with van der Waals surface area (Å²) in [7, 11) is -3.77. The van der Waals surface area contributed by atoms with E-state index < -0.39 is 27.7 Å². The summed E-state index contributed by atoms with van der Waals surface area (Å²) < 4.78 is 65.4. The molecule has 0 unspecified atom stereocenters. The first-order chi connectivity index (χ1) is 13.2. The lowest BCUT2D eigenvalue weighted by Gasteiger charge is -2.25. The van der Waals surface area contributed by atoms with Crippen LogP contribution in [-0.4, -0.2) is 31.7 Å². The Labute approximate surface area is 165 Å². The fourth-order valence-corrected chi connectivity index (χ4v) is 5.86. The Hall–Kier alpha value is -1.91. The van der Waals surface area contributed by atoms with Gasteiger partial charge in [-0.2, -0.15) is 17.5 Å². The van der Waals surface area contributed by atoms with E-state index in [1.54, 1.807) is 0 Å². The molecule has 1 aromatic carbocycles. The molecule has 1 aliphatic heterocycles. The van der Waals surface area contributed by atoms with Gasteiger partial charge in [-0.3, -0.25) is 4.79 Å². The second-order valence-corrected chi connectivity index (χ2v) is 9.28. The van der Waals surface area contributed by atoms with E-state index in [-0.39, 0.29) is 21.9 Å². The molecule has 5 nitrogen and oxygen atoms in total. The van der Waals surface area contributed by atoms with E-state index in [9.17, 15) is 26.4 Å². The molecule has 0 bridgehead atoms. The molecule has 0 saturated carbocycles. The Morgan fingerprint density at radius 2 is 1.86 bits per heavy atom. The van der Waals surface area contributed by atoms with Crippen LogP contribution >= 0.6 is 11.3 Å². The van der Waals surface area contributed by atoms with E-state index in [4.69, 9.17) is 0 Å². The van der Waals surface area contributed by atoms with Gasteiger partial charge in [-0.25, -0.2) is 8.42 Å². The third-order valence-electron chi connectivity index (χ3n) is 4.48. The number of amides is 1. The van der Waals surface area contributed by atoms with E-state index in [1.165, 1.54) is 27.9 Å². The second-order valence-electron chi connectivity index (χ2n) is 6.46. The van der Waals surface area contributed by atoms with Crippen LogP contribution in [-0.2, 0) is 22.7 Å². The number of thiophene rings is 1. The molecule has 0 radical (unpaired) electrons. The number of alkyl halides is 3. The molecular formula is C18H19F3N2O3S2. The Morgan fingerprint density at radius 1 is 1.14 bits per heavy atom. The lowest BCUT2D eigenvalue weighted by atomic mass is 10.1. The molecule has 1 N–H and O–H groups in total. The number of nitrogens with one attached hydrogen (secondary N) is 1. The van der Waals surface area contributed by atoms with E-state index in [1.807, 2.05) is 0 Å². The number of carbonyl (C=O) groups excluding carboxylic acids is 1. The van der Waals surface area contributed by atoms with Gasteiger partial charge in [0.15, 0.2) is 0 Å². The summed E-state index contributed by atoms with van der Waals surface area (Å²) in [4.78, 5) is 12.5. The molecule has 3 rings (SSSR count). The van der Waals surface area contributed by atoms with Gasteiger partial charge in [0, 0.05) is 19.6 Å². The molecule has 28 heavy (non-hydrogen) atoms. The molecule has 2 heterocycles. The highest BCUT2D eigenvalue weighted by Crippen LogP contribution is 2.30. The van der Waals surface area contributed by atoms with Gasteiger partial charge in [0.2, 0.25) is 10.0 Å². The maximum Gasteiger partial charge on any atom is 0.416 e. The van der Waals surface area contributed by atoms with Crippen LogP contribution in [0.2, 0.25) is 0 Å². The lowest BCUT2D eigenvalue weighted by molar-refractivity contribution is -0.137. The highest BCUT2D eigenvalue weighted by molar-refractivity contribution is 7.89. The number of carbonyl (C=O) groups is 1. The number of piperidine rings is 1. The van der Waals surface area contributed by atoms with Gasteiger partial charge in [-0.05, 0) is 42.0 Å². The molecule has 152 valence electrons. The highest BCUT2D eigenvalue weighted by atomic mass is 32.2. The fourth-order valence-electron chi connectivity index (χ4n) is 3.03. The number of hydrogen-bond acceptors (Lipinski definition) is 4. The average molecular weight is 432 g/mol. The van der Waals surface area contributed by atoms with Gasteiger partial charge in [-0.1, -0.05) is 18.6 Å². The molecule has 0 aliphatic carbocycles. The maximum atomic E-state index is 12.8. The van der Waals surface area contributed by atoms with Crippen molar-refractivity contribution in [2.45, 2.75) is 36.9 Å². The van der Waals surface area contributed by atoms with Crippen LogP contribution < -0.4 is 5.32 Å². The third-order valence-corrected chi connectivity index (χ3v) is 7.46. The maximum absolute atomic E-state index is 12.8. The van der Waals surface area contributed by atoms with Crippen molar-refractivity contribution in [3.8, 4) is 0 Å². The molecule has 1 saturated heterocycles. The minimum absolute atomic E-state index is 0.0394. The first-order valence-electron chi connectivity index (χ1n) is 8.71. The van der Waals surface area contributed by atoms with Gasteiger partial charge in [-0.15, -0.1) is 11.3 Å². The fraction of sp³-hybridized carbons (Fsp3) is 0.389. The molecule has 0 spiro atoms. The average Bonchev–Trinajstić information content (AvgIpc) is 3.17. The molecule has 1 aromatic heterocycles. The van der Waals surface area contributed by atoms with E-state index in [2.05, 4.69) is 5.32 Å². The van der Waals surface area contributed by atoms with Crippen molar-refractivity contribution in [1.29, 1.82) is 0 Å². The van der Waals surface area contributed by atoms with Crippen LogP contribution in [0.25, 0.3) is 0 Å². The zero-order chi connectivity index (χ0) is 20.4. The van der Waals surface area contributed by atoms with Gasteiger partial charge >= 0.3 is 6.18 Å². The quantitative estimate of drug-likeness (QED) is 0.780.